The van der Waals surface area contributed by atoms with Crippen LogP contribution in [-0.2, 0) is 9.53 Å². The van der Waals surface area contributed by atoms with Crippen LogP contribution in [0.1, 0.15) is 26.2 Å². The van der Waals surface area contributed by atoms with Crippen molar-refractivity contribution in [3.05, 3.63) is 0 Å². The Kier molecular flexibility index (Phi) is 2.46. The van der Waals surface area contributed by atoms with E-state index in [0.29, 0.717) is 6.42 Å². The van der Waals surface area contributed by atoms with E-state index in [4.69, 9.17) is 0 Å². The standard InChI is InChI=1S/C7H11NO3/c1-2-3-4-5-6(9)11-7(10)8-5/h5H,2-4H2,1H3,(H,8,10)/t5-/m1/s1. The number of rotatable bonds is 3. The number of amides is 1. The number of carbonyl (C=O) groups excluding carboxylic acids is 2. The molecule has 1 heterocycles. The van der Waals surface area contributed by atoms with E-state index in [2.05, 4.69) is 10.1 Å². The molecule has 1 N–H and O–H groups in total. The number of esters is 1. The van der Waals surface area contributed by atoms with Crippen molar-refractivity contribution in [1.29, 1.82) is 0 Å². The largest absolute Gasteiger partial charge is 0.415 e. The summed E-state index contributed by atoms with van der Waals surface area (Å²) in [6.07, 6.45) is 2.01. The Hall–Kier alpha value is -1.06. The Bertz CT molecular complexity index is 179. The third-order valence-corrected chi connectivity index (χ3v) is 1.62. The molecular formula is C7H11NO3. The zero-order valence-electron chi connectivity index (χ0n) is 6.42. The summed E-state index contributed by atoms with van der Waals surface area (Å²) in [5, 5.41) is 2.43. The highest BCUT2D eigenvalue weighted by Gasteiger charge is 2.31. The number of cyclic esters (lactones) is 2. The molecule has 0 bridgehead atoms. The Balaban J connectivity index is 2.34. The summed E-state index contributed by atoms with van der Waals surface area (Å²) in [5.41, 5.74) is 0. The topological polar surface area (TPSA) is 55.4 Å². The molecule has 1 amide bonds. The molecule has 0 aromatic rings. The summed E-state index contributed by atoms with van der Waals surface area (Å²) in [4.78, 5) is 21.3. The highest BCUT2D eigenvalue weighted by molar-refractivity contribution is 5.95. The molecule has 1 rings (SSSR count). The summed E-state index contributed by atoms with van der Waals surface area (Å²) in [7, 11) is 0. The van der Waals surface area contributed by atoms with Gasteiger partial charge < -0.3 is 10.1 Å². The second-order valence-electron chi connectivity index (χ2n) is 2.55. The molecule has 1 saturated heterocycles. The first kappa shape index (κ1) is 8.04. The lowest BCUT2D eigenvalue weighted by molar-refractivity contribution is -0.135. The Morgan fingerprint density at radius 1 is 1.55 bits per heavy atom. The molecule has 1 fully saturated rings. The van der Waals surface area contributed by atoms with Crippen molar-refractivity contribution in [3.63, 3.8) is 0 Å². The monoisotopic (exact) mass is 157 g/mol. The number of hydrogen-bond acceptors (Lipinski definition) is 3. The average Bonchev–Trinajstić information content (AvgIpc) is 2.26. The maximum absolute atomic E-state index is 10.8. The fourth-order valence-corrected chi connectivity index (χ4v) is 0.991. The van der Waals surface area contributed by atoms with E-state index in [1.165, 1.54) is 0 Å². The van der Waals surface area contributed by atoms with Gasteiger partial charge in [0.2, 0.25) is 0 Å². The first-order valence-corrected chi connectivity index (χ1v) is 3.76. The average molecular weight is 157 g/mol. The van der Waals surface area contributed by atoms with E-state index in [9.17, 15) is 9.59 Å². The Morgan fingerprint density at radius 3 is 2.73 bits per heavy atom. The van der Waals surface area contributed by atoms with Crippen LogP contribution in [0, 0.1) is 0 Å². The third-order valence-electron chi connectivity index (χ3n) is 1.62. The lowest BCUT2D eigenvalue weighted by atomic mass is 10.1. The maximum Gasteiger partial charge on any atom is 0.415 e. The molecule has 0 saturated carbocycles. The summed E-state index contributed by atoms with van der Waals surface area (Å²) in [6, 6.07) is -0.401. The zero-order chi connectivity index (χ0) is 8.27. The van der Waals surface area contributed by atoms with Crippen LogP contribution in [0.2, 0.25) is 0 Å². The second kappa shape index (κ2) is 3.37. The first-order chi connectivity index (χ1) is 5.24. The van der Waals surface area contributed by atoms with Gasteiger partial charge >= 0.3 is 12.1 Å². The van der Waals surface area contributed by atoms with Gasteiger partial charge in [0.15, 0.2) is 0 Å². The van der Waals surface area contributed by atoms with Gasteiger partial charge in [-0.25, -0.2) is 9.59 Å². The van der Waals surface area contributed by atoms with E-state index in [-0.39, 0.29) is 0 Å². The van der Waals surface area contributed by atoms with Crippen LogP contribution in [0.4, 0.5) is 4.79 Å². The van der Waals surface area contributed by atoms with Crippen LogP contribution in [-0.4, -0.2) is 18.1 Å². The number of ether oxygens (including phenoxy) is 1. The molecule has 1 aliphatic rings. The minimum absolute atomic E-state index is 0.401. The predicted molar refractivity (Wildman–Crippen MR) is 37.9 cm³/mol. The van der Waals surface area contributed by atoms with Crippen LogP contribution in [0.25, 0.3) is 0 Å². The van der Waals surface area contributed by atoms with Crippen LogP contribution in [0.5, 0.6) is 0 Å². The van der Waals surface area contributed by atoms with Crippen molar-refractivity contribution in [2.75, 3.05) is 0 Å². The molecule has 1 atom stereocenters. The van der Waals surface area contributed by atoms with E-state index in [1.807, 2.05) is 6.92 Å². The SMILES string of the molecule is CCCC[C@H]1NC(=O)OC1=O. The molecule has 11 heavy (non-hydrogen) atoms. The van der Waals surface area contributed by atoms with Gasteiger partial charge in [0.05, 0.1) is 0 Å². The normalized spacial score (nSPS) is 23.2. The molecule has 0 aliphatic carbocycles. The van der Waals surface area contributed by atoms with Gasteiger partial charge in [-0.05, 0) is 6.42 Å². The summed E-state index contributed by atoms with van der Waals surface area (Å²) < 4.78 is 4.28. The summed E-state index contributed by atoms with van der Waals surface area (Å²) in [6.45, 7) is 2.03. The Labute approximate surface area is 64.9 Å². The van der Waals surface area contributed by atoms with Crippen LogP contribution < -0.4 is 5.32 Å². The molecule has 4 heteroatoms. The van der Waals surface area contributed by atoms with Crippen LogP contribution in [0.3, 0.4) is 0 Å². The first-order valence-electron chi connectivity index (χ1n) is 3.76. The Morgan fingerprint density at radius 2 is 2.27 bits per heavy atom. The number of alkyl carbamates (subject to hydrolysis) is 1. The van der Waals surface area contributed by atoms with Gasteiger partial charge in [-0.15, -0.1) is 0 Å². The van der Waals surface area contributed by atoms with Crippen molar-refractivity contribution in [2.24, 2.45) is 0 Å². The molecule has 4 nitrogen and oxygen atoms in total. The maximum atomic E-state index is 10.8. The molecular weight excluding hydrogens is 146 g/mol. The quantitative estimate of drug-likeness (QED) is 0.487. The zero-order valence-corrected chi connectivity index (χ0v) is 6.42. The fourth-order valence-electron chi connectivity index (χ4n) is 0.991. The van der Waals surface area contributed by atoms with Crippen LogP contribution >= 0.6 is 0 Å². The van der Waals surface area contributed by atoms with Crippen molar-refractivity contribution < 1.29 is 14.3 Å². The van der Waals surface area contributed by atoms with Crippen molar-refractivity contribution in [3.8, 4) is 0 Å². The summed E-state index contributed by atoms with van der Waals surface area (Å²) >= 11 is 0. The third kappa shape index (κ3) is 1.93. The van der Waals surface area contributed by atoms with Gasteiger partial charge in [-0.2, -0.15) is 0 Å². The molecule has 62 valence electrons. The minimum Gasteiger partial charge on any atom is -0.375 e. The second-order valence-corrected chi connectivity index (χ2v) is 2.55. The molecule has 0 radical (unpaired) electrons. The minimum atomic E-state index is -0.615. The smallest absolute Gasteiger partial charge is 0.375 e. The molecule has 1 aliphatic heterocycles. The van der Waals surface area contributed by atoms with Crippen LogP contribution in [0.15, 0.2) is 0 Å². The van der Waals surface area contributed by atoms with Gasteiger partial charge in [-0.3, -0.25) is 0 Å². The summed E-state index contributed by atoms with van der Waals surface area (Å²) in [5.74, 6) is -0.441. The van der Waals surface area contributed by atoms with E-state index in [0.717, 1.165) is 12.8 Å². The molecule has 0 spiro atoms. The number of nitrogens with one attached hydrogen (secondary N) is 1. The predicted octanol–water partition coefficient (Wildman–Crippen LogP) is 0.812. The van der Waals surface area contributed by atoms with Crippen molar-refractivity contribution in [1.82, 2.24) is 5.32 Å². The molecule has 0 aromatic heterocycles. The molecule has 0 aromatic carbocycles. The van der Waals surface area contributed by atoms with Crippen molar-refractivity contribution in [2.45, 2.75) is 32.2 Å². The van der Waals surface area contributed by atoms with Gasteiger partial charge in [0.25, 0.3) is 0 Å². The lowest BCUT2D eigenvalue weighted by Gasteiger charge is -2.01. The number of unbranched alkanes of at least 4 members (excludes halogenated alkanes) is 1. The van der Waals surface area contributed by atoms with E-state index >= 15 is 0 Å². The van der Waals surface area contributed by atoms with E-state index < -0.39 is 18.1 Å². The van der Waals surface area contributed by atoms with E-state index in [1.54, 1.807) is 0 Å². The number of hydrogen-bond donors (Lipinski definition) is 1. The highest BCUT2D eigenvalue weighted by Crippen LogP contribution is 2.07. The molecule has 0 unspecified atom stereocenters. The fraction of sp³-hybridized carbons (Fsp3) is 0.714. The lowest BCUT2D eigenvalue weighted by Crippen LogP contribution is -2.28. The van der Waals surface area contributed by atoms with Gasteiger partial charge in [0, 0.05) is 0 Å². The van der Waals surface area contributed by atoms with Crippen molar-refractivity contribution >= 4 is 12.1 Å². The number of carbonyl (C=O) groups is 2. The van der Waals surface area contributed by atoms with Gasteiger partial charge in [-0.1, -0.05) is 19.8 Å². The van der Waals surface area contributed by atoms with Gasteiger partial charge in [0.1, 0.15) is 6.04 Å². The highest BCUT2D eigenvalue weighted by atomic mass is 16.6.